The monoisotopic (exact) mass is 427 g/mol. The quantitative estimate of drug-likeness (QED) is 0.477. The van der Waals surface area contributed by atoms with Crippen LogP contribution in [0.1, 0.15) is 23.2 Å². The van der Waals surface area contributed by atoms with Crippen LogP contribution in [0.25, 0.3) is 0 Å². The maximum atomic E-state index is 12.3. The number of carbonyl (C=O) groups excluding carboxylic acids is 2. The van der Waals surface area contributed by atoms with Crippen LogP contribution in [0.5, 0.6) is 5.75 Å². The summed E-state index contributed by atoms with van der Waals surface area (Å²) in [6, 6.07) is 14.3. The molecule has 3 rings (SSSR count). The third-order valence-electron chi connectivity index (χ3n) is 4.77. The maximum absolute atomic E-state index is 12.3. The molecular formula is C23H29N3O5. The van der Waals surface area contributed by atoms with Crippen molar-refractivity contribution in [2.45, 2.75) is 18.9 Å². The highest BCUT2D eigenvalue weighted by atomic mass is 16.5. The van der Waals surface area contributed by atoms with Crippen molar-refractivity contribution in [1.82, 2.24) is 5.32 Å². The average molecular weight is 428 g/mol. The number of methoxy groups -OCH3 is 1. The van der Waals surface area contributed by atoms with Crippen molar-refractivity contribution in [2.75, 3.05) is 50.7 Å². The molecule has 0 spiro atoms. The van der Waals surface area contributed by atoms with E-state index < -0.39 is 0 Å². The lowest BCUT2D eigenvalue weighted by Gasteiger charge is -2.12. The van der Waals surface area contributed by atoms with E-state index in [0.29, 0.717) is 31.0 Å². The minimum atomic E-state index is -0.215. The summed E-state index contributed by atoms with van der Waals surface area (Å²) < 4.78 is 16.2. The molecule has 0 aliphatic carbocycles. The van der Waals surface area contributed by atoms with Gasteiger partial charge in [0.1, 0.15) is 12.4 Å². The van der Waals surface area contributed by atoms with E-state index in [-0.39, 0.29) is 24.5 Å². The first kappa shape index (κ1) is 22.6. The van der Waals surface area contributed by atoms with Gasteiger partial charge < -0.3 is 30.2 Å². The highest BCUT2D eigenvalue weighted by Gasteiger charge is 2.15. The molecule has 31 heavy (non-hydrogen) atoms. The molecule has 8 nitrogen and oxygen atoms in total. The Kier molecular flexibility index (Phi) is 8.69. The fourth-order valence-electron chi connectivity index (χ4n) is 3.13. The van der Waals surface area contributed by atoms with Gasteiger partial charge in [-0.25, -0.2) is 0 Å². The third-order valence-corrected chi connectivity index (χ3v) is 4.77. The van der Waals surface area contributed by atoms with Gasteiger partial charge in [-0.15, -0.1) is 0 Å². The Morgan fingerprint density at radius 2 is 1.97 bits per heavy atom. The summed E-state index contributed by atoms with van der Waals surface area (Å²) in [6.45, 7) is 2.33. The minimum Gasteiger partial charge on any atom is -0.491 e. The first-order chi connectivity index (χ1) is 15.1. The summed E-state index contributed by atoms with van der Waals surface area (Å²) in [5.74, 6) is 0.342. The molecule has 1 saturated heterocycles. The largest absolute Gasteiger partial charge is 0.491 e. The van der Waals surface area contributed by atoms with E-state index in [1.54, 1.807) is 31.4 Å². The first-order valence-electron chi connectivity index (χ1n) is 10.4. The molecule has 1 aliphatic heterocycles. The van der Waals surface area contributed by atoms with Crippen LogP contribution in [-0.2, 0) is 14.3 Å². The molecule has 2 amide bonds. The second-order valence-corrected chi connectivity index (χ2v) is 7.20. The number of ether oxygens (including phenoxy) is 3. The SMILES string of the molecule is COCCNC(=O)c1cccc(NC(=O)CNc2ccc(OCC3CCCO3)cc2)c1. The molecule has 1 aliphatic rings. The van der Waals surface area contributed by atoms with Gasteiger partial charge in [-0.1, -0.05) is 6.07 Å². The van der Waals surface area contributed by atoms with Crippen LogP contribution in [-0.4, -0.2) is 57.9 Å². The zero-order chi connectivity index (χ0) is 21.9. The lowest BCUT2D eigenvalue weighted by atomic mass is 10.2. The molecule has 2 aromatic rings. The van der Waals surface area contributed by atoms with E-state index in [1.165, 1.54) is 0 Å². The number of hydrogen-bond donors (Lipinski definition) is 3. The van der Waals surface area contributed by atoms with Crippen molar-refractivity contribution < 1.29 is 23.8 Å². The number of carbonyl (C=O) groups is 2. The molecule has 166 valence electrons. The van der Waals surface area contributed by atoms with E-state index in [1.807, 2.05) is 24.3 Å². The van der Waals surface area contributed by atoms with Gasteiger partial charge in [-0.05, 0) is 55.3 Å². The summed E-state index contributed by atoms with van der Waals surface area (Å²) in [5, 5.41) is 8.62. The van der Waals surface area contributed by atoms with E-state index in [2.05, 4.69) is 16.0 Å². The molecule has 0 aromatic heterocycles. The van der Waals surface area contributed by atoms with Crippen LogP contribution in [0, 0.1) is 0 Å². The van der Waals surface area contributed by atoms with Crippen LogP contribution in [0.15, 0.2) is 48.5 Å². The van der Waals surface area contributed by atoms with Gasteiger partial charge in [-0.3, -0.25) is 9.59 Å². The summed E-state index contributed by atoms with van der Waals surface area (Å²) >= 11 is 0. The Labute approximate surface area is 182 Å². The molecule has 2 aromatic carbocycles. The molecule has 3 N–H and O–H groups in total. The predicted molar refractivity (Wildman–Crippen MR) is 119 cm³/mol. The van der Waals surface area contributed by atoms with E-state index in [4.69, 9.17) is 14.2 Å². The van der Waals surface area contributed by atoms with Gasteiger partial charge in [-0.2, -0.15) is 0 Å². The Bertz CT molecular complexity index is 851. The van der Waals surface area contributed by atoms with Gasteiger partial charge in [0.05, 0.1) is 19.3 Å². The highest BCUT2D eigenvalue weighted by molar-refractivity contribution is 5.98. The van der Waals surface area contributed by atoms with E-state index in [0.717, 1.165) is 30.9 Å². The van der Waals surface area contributed by atoms with Crippen LogP contribution in [0.3, 0.4) is 0 Å². The fraction of sp³-hybridized carbons (Fsp3) is 0.391. The normalized spacial score (nSPS) is 15.3. The number of hydrogen-bond acceptors (Lipinski definition) is 6. The Balaban J connectivity index is 1.42. The molecule has 0 radical (unpaired) electrons. The smallest absolute Gasteiger partial charge is 0.251 e. The first-order valence-corrected chi connectivity index (χ1v) is 10.4. The van der Waals surface area contributed by atoms with Crippen molar-refractivity contribution in [3.63, 3.8) is 0 Å². The van der Waals surface area contributed by atoms with Gasteiger partial charge in [0.2, 0.25) is 5.91 Å². The summed E-state index contributed by atoms with van der Waals surface area (Å²) in [5.41, 5.74) is 1.84. The number of nitrogens with one attached hydrogen (secondary N) is 3. The zero-order valence-corrected chi connectivity index (χ0v) is 17.7. The molecule has 1 unspecified atom stereocenters. The molecule has 8 heteroatoms. The maximum Gasteiger partial charge on any atom is 0.251 e. The summed E-state index contributed by atoms with van der Waals surface area (Å²) in [4.78, 5) is 24.4. The van der Waals surface area contributed by atoms with Gasteiger partial charge in [0, 0.05) is 37.2 Å². The van der Waals surface area contributed by atoms with Gasteiger partial charge in [0.15, 0.2) is 0 Å². The lowest BCUT2D eigenvalue weighted by molar-refractivity contribution is -0.114. The summed E-state index contributed by atoms with van der Waals surface area (Å²) in [7, 11) is 1.57. The number of benzene rings is 2. The number of anilines is 2. The Hall–Kier alpha value is -3.10. The van der Waals surface area contributed by atoms with E-state index >= 15 is 0 Å². The van der Waals surface area contributed by atoms with Crippen molar-refractivity contribution in [2.24, 2.45) is 0 Å². The Morgan fingerprint density at radius 1 is 1.13 bits per heavy atom. The fourth-order valence-corrected chi connectivity index (χ4v) is 3.13. The highest BCUT2D eigenvalue weighted by Crippen LogP contribution is 2.18. The van der Waals surface area contributed by atoms with Gasteiger partial charge >= 0.3 is 0 Å². The van der Waals surface area contributed by atoms with Crippen molar-refractivity contribution in [3.05, 3.63) is 54.1 Å². The number of rotatable bonds is 11. The van der Waals surface area contributed by atoms with Gasteiger partial charge in [0.25, 0.3) is 5.91 Å². The minimum absolute atomic E-state index is 0.0976. The van der Waals surface area contributed by atoms with Crippen LogP contribution in [0.4, 0.5) is 11.4 Å². The second kappa shape index (κ2) is 11.9. The van der Waals surface area contributed by atoms with Crippen molar-refractivity contribution >= 4 is 23.2 Å². The summed E-state index contributed by atoms with van der Waals surface area (Å²) in [6.07, 6.45) is 2.30. The third kappa shape index (κ3) is 7.58. The van der Waals surface area contributed by atoms with Crippen molar-refractivity contribution in [3.8, 4) is 5.75 Å². The predicted octanol–water partition coefficient (Wildman–Crippen LogP) is 2.67. The standard InChI is InChI=1S/C23H29N3O5/c1-29-13-11-24-23(28)17-4-2-5-19(14-17)26-22(27)15-25-18-7-9-20(10-8-18)31-16-21-6-3-12-30-21/h2,4-5,7-10,14,21,25H,3,6,11-13,15-16H2,1H3,(H,24,28)(H,26,27). The molecular weight excluding hydrogens is 398 g/mol. The molecule has 1 heterocycles. The average Bonchev–Trinajstić information content (AvgIpc) is 3.31. The van der Waals surface area contributed by atoms with Crippen LogP contribution in [0.2, 0.25) is 0 Å². The molecule has 1 atom stereocenters. The van der Waals surface area contributed by atoms with Crippen molar-refractivity contribution in [1.29, 1.82) is 0 Å². The second-order valence-electron chi connectivity index (χ2n) is 7.20. The molecule has 0 bridgehead atoms. The molecule has 1 fully saturated rings. The lowest BCUT2D eigenvalue weighted by Crippen LogP contribution is -2.27. The number of amides is 2. The molecule has 0 saturated carbocycles. The van der Waals surface area contributed by atoms with Crippen LogP contribution < -0.4 is 20.7 Å². The zero-order valence-electron chi connectivity index (χ0n) is 17.7. The van der Waals surface area contributed by atoms with Crippen LogP contribution >= 0.6 is 0 Å². The topological polar surface area (TPSA) is 97.9 Å². The Morgan fingerprint density at radius 3 is 2.71 bits per heavy atom. The van der Waals surface area contributed by atoms with E-state index in [9.17, 15) is 9.59 Å².